The molecular formula is C18H17Cl2N2S+. The Labute approximate surface area is 150 Å². The first-order valence-electron chi connectivity index (χ1n) is 7.41. The molecule has 0 unspecified atom stereocenters. The van der Waals surface area contributed by atoms with Gasteiger partial charge >= 0.3 is 0 Å². The third-order valence-electron chi connectivity index (χ3n) is 3.72. The number of nitrogens with two attached hydrogens (primary N) is 1. The molecular weight excluding hydrogens is 347 g/mol. The molecule has 0 bridgehead atoms. The van der Waals surface area contributed by atoms with Gasteiger partial charge < -0.3 is 5.32 Å². The molecule has 1 aromatic heterocycles. The van der Waals surface area contributed by atoms with Gasteiger partial charge in [0.2, 0.25) is 0 Å². The normalized spacial score (nSPS) is 12.3. The Balaban J connectivity index is 1.65. The summed E-state index contributed by atoms with van der Waals surface area (Å²) in [6.45, 7) is 2.99. The van der Waals surface area contributed by atoms with E-state index in [0.717, 1.165) is 38.4 Å². The van der Waals surface area contributed by atoms with Crippen molar-refractivity contribution in [2.75, 3.05) is 0 Å². The second-order valence-corrected chi connectivity index (χ2v) is 7.10. The maximum atomic E-state index is 6.25. The molecule has 2 aromatic carbocycles. The van der Waals surface area contributed by atoms with E-state index >= 15 is 0 Å². The summed E-state index contributed by atoms with van der Waals surface area (Å²) in [6.07, 6.45) is 0. The van der Waals surface area contributed by atoms with E-state index in [9.17, 15) is 0 Å². The number of thiazole rings is 1. The fraction of sp³-hybridized carbons (Fsp3) is 0.167. The molecule has 0 radical (unpaired) electrons. The highest BCUT2D eigenvalue weighted by Crippen LogP contribution is 2.25. The van der Waals surface area contributed by atoms with E-state index in [1.165, 1.54) is 0 Å². The molecule has 0 saturated heterocycles. The lowest BCUT2D eigenvalue weighted by Crippen LogP contribution is -2.83. The predicted octanol–water partition coefficient (Wildman–Crippen LogP) is 4.94. The minimum Gasteiger partial charge on any atom is -0.335 e. The molecule has 2 N–H and O–H groups in total. The van der Waals surface area contributed by atoms with Crippen molar-refractivity contribution in [2.24, 2.45) is 0 Å². The average molecular weight is 364 g/mol. The average Bonchev–Trinajstić information content (AvgIpc) is 3.03. The Bertz CT molecular complexity index is 784. The third-order valence-corrected chi connectivity index (χ3v) is 5.26. The maximum Gasteiger partial charge on any atom is 0.123 e. The van der Waals surface area contributed by atoms with Crippen LogP contribution in [0.1, 0.15) is 24.2 Å². The lowest BCUT2D eigenvalue weighted by Gasteiger charge is -2.11. The number of aromatic nitrogens is 1. The van der Waals surface area contributed by atoms with Crippen LogP contribution in [0.25, 0.3) is 10.6 Å². The fourth-order valence-electron chi connectivity index (χ4n) is 2.39. The summed E-state index contributed by atoms with van der Waals surface area (Å²) in [7, 11) is 0. The zero-order chi connectivity index (χ0) is 16.2. The summed E-state index contributed by atoms with van der Waals surface area (Å²) in [4.78, 5) is 4.71. The molecule has 3 rings (SSSR count). The number of hydrogen-bond acceptors (Lipinski definition) is 2. The molecule has 0 amide bonds. The van der Waals surface area contributed by atoms with E-state index in [1.807, 2.05) is 42.5 Å². The molecule has 0 saturated carbocycles. The smallest absolute Gasteiger partial charge is 0.123 e. The third kappa shape index (κ3) is 4.12. The Morgan fingerprint density at radius 1 is 1.09 bits per heavy atom. The zero-order valence-electron chi connectivity index (χ0n) is 12.7. The van der Waals surface area contributed by atoms with E-state index < -0.39 is 0 Å². The molecule has 23 heavy (non-hydrogen) atoms. The Hall–Kier alpha value is -1.39. The molecule has 2 nitrogen and oxygen atoms in total. The van der Waals surface area contributed by atoms with Gasteiger partial charge in [0.25, 0.3) is 0 Å². The lowest BCUT2D eigenvalue weighted by atomic mass is 10.1. The first kappa shape index (κ1) is 16.5. The van der Waals surface area contributed by atoms with Crippen molar-refractivity contribution in [1.29, 1.82) is 0 Å². The van der Waals surface area contributed by atoms with E-state index in [2.05, 4.69) is 23.7 Å². The minimum absolute atomic E-state index is 0.296. The van der Waals surface area contributed by atoms with Crippen molar-refractivity contribution >= 4 is 34.5 Å². The highest BCUT2D eigenvalue weighted by atomic mass is 35.5. The molecule has 0 aliphatic rings. The fourth-order valence-corrected chi connectivity index (χ4v) is 3.67. The Morgan fingerprint density at radius 2 is 1.83 bits per heavy atom. The van der Waals surface area contributed by atoms with Crippen LogP contribution in [0.5, 0.6) is 0 Å². The SMILES string of the molecule is C[C@@H]([NH2+]Cc1csc(-c2ccc(Cl)cc2)n1)c1ccccc1Cl. The number of nitrogens with zero attached hydrogens (tertiary/aromatic N) is 1. The van der Waals surface area contributed by atoms with Gasteiger partial charge in [0.1, 0.15) is 23.3 Å². The second kappa shape index (κ2) is 7.45. The van der Waals surface area contributed by atoms with Gasteiger partial charge in [-0.3, -0.25) is 0 Å². The topological polar surface area (TPSA) is 29.5 Å². The van der Waals surface area contributed by atoms with Crippen LogP contribution in [0.3, 0.4) is 0 Å². The van der Waals surface area contributed by atoms with Gasteiger partial charge in [0.15, 0.2) is 0 Å². The second-order valence-electron chi connectivity index (χ2n) is 5.40. The summed E-state index contributed by atoms with van der Waals surface area (Å²) < 4.78 is 0. The van der Waals surface area contributed by atoms with Crippen LogP contribution < -0.4 is 5.32 Å². The number of halogens is 2. The first-order valence-corrected chi connectivity index (χ1v) is 9.05. The molecule has 0 aliphatic heterocycles. The number of rotatable bonds is 5. The lowest BCUT2D eigenvalue weighted by molar-refractivity contribution is -0.708. The Kier molecular flexibility index (Phi) is 5.34. The van der Waals surface area contributed by atoms with Gasteiger partial charge in [-0.25, -0.2) is 4.98 Å². The first-order chi connectivity index (χ1) is 11.1. The van der Waals surface area contributed by atoms with E-state index in [4.69, 9.17) is 28.2 Å². The maximum absolute atomic E-state index is 6.25. The van der Waals surface area contributed by atoms with Crippen LogP contribution in [0, 0.1) is 0 Å². The van der Waals surface area contributed by atoms with Gasteiger partial charge in [-0.15, -0.1) is 11.3 Å². The van der Waals surface area contributed by atoms with Crippen LogP contribution in [0.15, 0.2) is 53.9 Å². The Morgan fingerprint density at radius 3 is 2.57 bits per heavy atom. The summed E-state index contributed by atoms with van der Waals surface area (Å²) in [5.41, 5.74) is 3.34. The molecule has 118 valence electrons. The quantitative estimate of drug-likeness (QED) is 0.683. The van der Waals surface area contributed by atoms with E-state index in [1.54, 1.807) is 11.3 Å². The van der Waals surface area contributed by atoms with E-state index in [0.29, 0.717) is 6.04 Å². The van der Waals surface area contributed by atoms with Gasteiger partial charge in [-0.1, -0.05) is 53.5 Å². The van der Waals surface area contributed by atoms with Crippen LogP contribution in [0.2, 0.25) is 10.0 Å². The van der Waals surface area contributed by atoms with Crippen molar-refractivity contribution in [3.63, 3.8) is 0 Å². The largest absolute Gasteiger partial charge is 0.335 e. The highest BCUT2D eigenvalue weighted by Gasteiger charge is 2.13. The standard InChI is InChI=1S/C18H16Cl2N2S/c1-12(16-4-2-3-5-17(16)20)21-10-15-11-23-18(22-15)13-6-8-14(19)9-7-13/h2-9,11-12,21H,10H2,1H3/p+1/t12-/m1/s1. The summed E-state index contributed by atoms with van der Waals surface area (Å²) in [5, 5.41) is 6.95. The van der Waals surface area contributed by atoms with Crippen molar-refractivity contribution < 1.29 is 5.32 Å². The van der Waals surface area contributed by atoms with Crippen molar-refractivity contribution in [3.05, 3.63) is 75.2 Å². The molecule has 3 aromatic rings. The van der Waals surface area contributed by atoms with E-state index in [-0.39, 0.29) is 0 Å². The molecule has 1 heterocycles. The van der Waals surface area contributed by atoms with Gasteiger partial charge in [-0.2, -0.15) is 0 Å². The number of benzene rings is 2. The van der Waals surface area contributed by atoms with Crippen LogP contribution in [0.4, 0.5) is 0 Å². The molecule has 0 aliphatic carbocycles. The predicted molar refractivity (Wildman–Crippen MR) is 98.1 cm³/mol. The van der Waals surface area contributed by atoms with Crippen LogP contribution in [-0.2, 0) is 6.54 Å². The number of quaternary nitrogens is 1. The van der Waals surface area contributed by atoms with Crippen molar-refractivity contribution in [1.82, 2.24) is 4.98 Å². The summed E-state index contributed by atoms with van der Waals surface area (Å²) in [5.74, 6) is 0. The summed E-state index contributed by atoms with van der Waals surface area (Å²) >= 11 is 13.8. The minimum atomic E-state index is 0.296. The molecule has 5 heteroatoms. The zero-order valence-corrected chi connectivity index (χ0v) is 15.0. The molecule has 0 spiro atoms. The number of hydrogen-bond donors (Lipinski definition) is 1. The van der Waals surface area contributed by atoms with Crippen molar-refractivity contribution in [2.45, 2.75) is 19.5 Å². The van der Waals surface area contributed by atoms with Crippen LogP contribution >= 0.6 is 34.5 Å². The monoisotopic (exact) mass is 363 g/mol. The highest BCUT2D eigenvalue weighted by molar-refractivity contribution is 7.13. The van der Waals surface area contributed by atoms with Crippen molar-refractivity contribution in [3.8, 4) is 10.6 Å². The van der Waals surface area contributed by atoms with Gasteiger partial charge in [-0.05, 0) is 25.1 Å². The van der Waals surface area contributed by atoms with Gasteiger partial charge in [0, 0.05) is 26.6 Å². The summed E-state index contributed by atoms with van der Waals surface area (Å²) in [6, 6.07) is 16.1. The molecule has 0 fully saturated rings. The van der Waals surface area contributed by atoms with Gasteiger partial charge in [0.05, 0.1) is 0 Å². The molecule has 1 atom stereocenters. The van der Waals surface area contributed by atoms with Crippen LogP contribution in [-0.4, -0.2) is 4.98 Å².